The Morgan fingerprint density at radius 1 is 1.11 bits per heavy atom. The molecule has 0 fully saturated rings. The molecule has 2 amide bonds. The summed E-state index contributed by atoms with van der Waals surface area (Å²) in [5.41, 5.74) is 0.765. The van der Waals surface area contributed by atoms with Gasteiger partial charge in [0.2, 0.25) is 21.8 Å². The molecule has 0 unspecified atom stereocenters. The third kappa shape index (κ3) is 7.95. The summed E-state index contributed by atoms with van der Waals surface area (Å²) in [5.74, 6) is -0.122. The Morgan fingerprint density at radius 2 is 1.80 bits per heavy atom. The number of carbonyl (C=O) groups is 2. The number of sulfonamides is 1. The number of rotatable bonds is 13. The van der Waals surface area contributed by atoms with Crippen molar-refractivity contribution in [2.45, 2.75) is 50.6 Å². The molecule has 0 spiro atoms. The number of hydrogen-bond donors (Lipinski definition) is 1. The van der Waals surface area contributed by atoms with E-state index in [1.54, 1.807) is 25.3 Å². The normalized spacial score (nSPS) is 12.3. The van der Waals surface area contributed by atoms with Crippen LogP contribution in [0.1, 0.15) is 38.7 Å². The van der Waals surface area contributed by atoms with Gasteiger partial charge in [-0.25, -0.2) is 8.42 Å². The summed E-state index contributed by atoms with van der Waals surface area (Å²) in [6, 6.07) is 12.2. The lowest BCUT2D eigenvalue weighted by molar-refractivity contribution is -0.141. The third-order valence-electron chi connectivity index (χ3n) is 5.58. The molecule has 35 heavy (non-hydrogen) atoms. The number of nitrogens with one attached hydrogen (secondary N) is 1. The van der Waals surface area contributed by atoms with Crippen molar-refractivity contribution < 1.29 is 22.7 Å². The molecular formula is C25H34ClN3O5S. The number of likely N-dealkylation sites (N-methyl/N-ethyl adjacent to an activating group) is 1. The van der Waals surface area contributed by atoms with Crippen molar-refractivity contribution in [3.05, 3.63) is 59.1 Å². The molecule has 10 heteroatoms. The van der Waals surface area contributed by atoms with Gasteiger partial charge in [-0.3, -0.25) is 9.59 Å². The Kier molecular flexibility index (Phi) is 11.0. The highest BCUT2D eigenvalue weighted by molar-refractivity contribution is 7.89. The van der Waals surface area contributed by atoms with Gasteiger partial charge < -0.3 is 15.0 Å². The van der Waals surface area contributed by atoms with E-state index < -0.39 is 28.5 Å². The monoisotopic (exact) mass is 523 g/mol. The van der Waals surface area contributed by atoms with Crippen LogP contribution in [-0.2, 0) is 26.2 Å². The van der Waals surface area contributed by atoms with Crippen molar-refractivity contribution in [2.75, 3.05) is 27.2 Å². The van der Waals surface area contributed by atoms with Crippen LogP contribution in [0.25, 0.3) is 0 Å². The number of methoxy groups -OCH3 is 1. The fraction of sp³-hybridized carbons (Fsp3) is 0.440. The highest BCUT2D eigenvalue weighted by Crippen LogP contribution is 2.20. The summed E-state index contributed by atoms with van der Waals surface area (Å²) in [5, 5.41) is 3.30. The fourth-order valence-corrected chi connectivity index (χ4v) is 4.79. The molecule has 0 aromatic heterocycles. The minimum atomic E-state index is -3.93. The van der Waals surface area contributed by atoms with E-state index in [0.717, 1.165) is 22.7 Å². The standard InChI is InChI=1S/C25H34ClN3O5S/c1-5-7-15-27-25(31)23(6-2)29(17-19-9-8-10-21(16-19)34-4)24(30)18-28(3)35(32,33)22-13-11-20(26)12-14-22/h8-14,16,23H,5-7,15,17-18H2,1-4H3,(H,27,31)/t23-/m1/s1. The molecule has 2 rings (SSSR count). The number of amides is 2. The number of ether oxygens (including phenoxy) is 1. The first-order valence-electron chi connectivity index (χ1n) is 11.6. The summed E-state index contributed by atoms with van der Waals surface area (Å²) in [4.78, 5) is 27.9. The second-order valence-electron chi connectivity index (χ2n) is 8.16. The molecule has 0 bridgehead atoms. The zero-order chi connectivity index (χ0) is 26.0. The molecule has 0 radical (unpaired) electrons. The van der Waals surface area contributed by atoms with E-state index in [9.17, 15) is 18.0 Å². The molecule has 0 aliphatic carbocycles. The Hall–Kier alpha value is -2.62. The zero-order valence-electron chi connectivity index (χ0n) is 20.7. The quantitative estimate of drug-likeness (QED) is 0.404. The van der Waals surface area contributed by atoms with E-state index in [-0.39, 0.29) is 17.3 Å². The summed E-state index contributed by atoms with van der Waals surface area (Å²) in [7, 11) is -1.04. The van der Waals surface area contributed by atoms with Crippen LogP contribution in [0.15, 0.2) is 53.4 Å². The lowest BCUT2D eigenvalue weighted by Crippen LogP contribution is -2.51. The van der Waals surface area contributed by atoms with E-state index in [1.807, 2.05) is 19.9 Å². The Morgan fingerprint density at radius 3 is 2.40 bits per heavy atom. The molecule has 0 heterocycles. The van der Waals surface area contributed by atoms with Crippen LogP contribution in [0.4, 0.5) is 0 Å². The molecule has 0 saturated carbocycles. The van der Waals surface area contributed by atoms with Gasteiger partial charge in [0.25, 0.3) is 0 Å². The topological polar surface area (TPSA) is 96.0 Å². The Labute approximate surface area is 213 Å². The maximum atomic E-state index is 13.5. The molecule has 1 atom stereocenters. The Balaban J connectivity index is 2.31. The number of nitrogens with zero attached hydrogens (tertiary/aromatic N) is 2. The van der Waals surface area contributed by atoms with Gasteiger partial charge in [-0.15, -0.1) is 0 Å². The summed E-state index contributed by atoms with van der Waals surface area (Å²) >= 11 is 5.88. The average Bonchev–Trinajstić information content (AvgIpc) is 2.84. The van der Waals surface area contributed by atoms with Crippen molar-refractivity contribution in [3.8, 4) is 5.75 Å². The van der Waals surface area contributed by atoms with Crippen molar-refractivity contribution in [2.24, 2.45) is 0 Å². The van der Waals surface area contributed by atoms with Crippen LogP contribution in [-0.4, -0.2) is 62.7 Å². The number of carbonyl (C=O) groups excluding carboxylic acids is 2. The number of halogens is 1. The molecule has 2 aromatic carbocycles. The third-order valence-corrected chi connectivity index (χ3v) is 7.65. The van der Waals surface area contributed by atoms with Crippen molar-refractivity contribution in [1.82, 2.24) is 14.5 Å². The molecule has 0 aliphatic rings. The van der Waals surface area contributed by atoms with Gasteiger partial charge >= 0.3 is 0 Å². The number of unbranched alkanes of at least 4 members (excludes halogenated alkanes) is 1. The van der Waals surface area contributed by atoms with Crippen LogP contribution in [0.5, 0.6) is 5.75 Å². The van der Waals surface area contributed by atoms with E-state index in [4.69, 9.17) is 16.3 Å². The maximum Gasteiger partial charge on any atom is 0.243 e. The van der Waals surface area contributed by atoms with E-state index in [2.05, 4.69) is 5.32 Å². The second kappa shape index (κ2) is 13.5. The molecular weight excluding hydrogens is 490 g/mol. The largest absolute Gasteiger partial charge is 0.497 e. The molecule has 192 valence electrons. The van der Waals surface area contributed by atoms with Gasteiger partial charge in [-0.2, -0.15) is 4.31 Å². The van der Waals surface area contributed by atoms with Gasteiger partial charge in [0.05, 0.1) is 18.6 Å². The molecule has 0 aliphatic heterocycles. The van der Waals surface area contributed by atoms with Crippen LogP contribution >= 0.6 is 11.6 Å². The molecule has 8 nitrogen and oxygen atoms in total. The lowest BCUT2D eigenvalue weighted by atomic mass is 10.1. The Bertz CT molecular complexity index is 1090. The van der Waals surface area contributed by atoms with Crippen molar-refractivity contribution >= 4 is 33.4 Å². The van der Waals surface area contributed by atoms with Crippen molar-refractivity contribution in [3.63, 3.8) is 0 Å². The smallest absolute Gasteiger partial charge is 0.243 e. The summed E-state index contributed by atoms with van der Waals surface area (Å²) in [6.07, 6.45) is 2.13. The zero-order valence-corrected chi connectivity index (χ0v) is 22.2. The maximum absolute atomic E-state index is 13.5. The lowest BCUT2D eigenvalue weighted by Gasteiger charge is -2.32. The summed E-state index contributed by atoms with van der Waals surface area (Å²) in [6.45, 7) is 4.07. The van der Waals surface area contributed by atoms with Gasteiger partial charge in [0.15, 0.2) is 0 Å². The fourth-order valence-electron chi connectivity index (χ4n) is 3.55. The molecule has 2 aromatic rings. The second-order valence-corrected chi connectivity index (χ2v) is 10.6. The molecule has 0 saturated heterocycles. The minimum Gasteiger partial charge on any atom is -0.497 e. The van der Waals surface area contributed by atoms with Crippen molar-refractivity contribution in [1.29, 1.82) is 0 Å². The number of benzene rings is 2. The van der Waals surface area contributed by atoms with Crippen LogP contribution in [0, 0.1) is 0 Å². The summed E-state index contributed by atoms with van der Waals surface area (Å²) < 4.78 is 32.3. The van der Waals surface area contributed by atoms with Crippen LogP contribution < -0.4 is 10.1 Å². The predicted octanol–water partition coefficient (Wildman–Crippen LogP) is 3.69. The van der Waals surface area contributed by atoms with Crippen LogP contribution in [0.2, 0.25) is 5.02 Å². The first kappa shape index (κ1) is 28.6. The first-order chi connectivity index (χ1) is 16.6. The van der Waals surface area contributed by atoms with Crippen LogP contribution in [0.3, 0.4) is 0 Å². The highest BCUT2D eigenvalue weighted by atomic mass is 35.5. The van der Waals surface area contributed by atoms with Gasteiger partial charge in [0, 0.05) is 25.2 Å². The molecule has 1 N–H and O–H groups in total. The average molecular weight is 524 g/mol. The predicted molar refractivity (Wildman–Crippen MR) is 137 cm³/mol. The van der Waals surface area contributed by atoms with Gasteiger partial charge in [-0.05, 0) is 54.8 Å². The van der Waals surface area contributed by atoms with Gasteiger partial charge in [-0.1, -0.05) is 44.0 Å². The minimum absolute atomic E-state index is 0.0286. The highest BCUT2D eigenvalue weighted by Gasteiger charge is 2.31. The first-order valence-corrected chi connectivity index (χ1v) is 13.4. The number of hydrogen-bond acceptors (Lipinski definition) is 5. The van der Waals surface area contributed by atoms with E-state index >= 15 is 0 Å². The van der Waals surface area contributed by atoms with E-state index in [0.29, 0.717) is 23.7 Å². The van der Waals surface area contributed by atoms with Gasteiger partial charge in [0.1, 0.15) is 11.8 Å². The van der Waals surface area contributed by atoms with E-state index in [1.165, 1.54) is 36.2 Å². The SMILES string of the molecule is CCCCNC(=O)[C@@H](CC)N(Cc1cccc(OC)c1)C(=O)CN(C)S(=O)(=O)c1ccc(Cl)cc1.